The Kier molecular flexibility index (Phi) is 12.7. The highest BCUT2D eigenvalue weighted by molar-refractivity contribution is 7.84. The number of hydrogen-bond donors (Lipinski definition) is 2. The fourth-order valence-corrected chi connectivity index (χ4v) is 10.6. The summed E-state index contributed by atoms with van der Waals surface area (Å²) in [6.07, 6.45) is 15.5. The van der Waals surface area contributed by atoms with E-state index in [2.05, 4.69) is 30.1 Å². The van der Waals surface area contributed by atoms with Gasteiger partial charge in [0.1, 0.15) is 11.3 Å². The number of likely N-dealkylation sites (tertiary alicyclic amines) is 1. The van der Waals surface area contributed by atoms with Crippen molar-refractivity contribution in [3.8, 4) is 45.3 Å². The number of halogens is 4. The van der Waals surface area contributed by atoms with Crippen molar-refractivity contribution in [2.75, 3.05) is 47.5 Å². The number of aromatic nitrogens is 8. The Hall–Kier alpha value is -7.46. The van der Waals surface area contributed by atoms with E-state index in [9.17, 15) is 13.2 Å². The minimum absolute atomic E-state index is 0.0140. The summed E-state index contributed by atoms with van der Waals surface area (Å²) in [7, 11) is -0.816. The lowest BCUT2D eigenvalue weighted by Gasteiger charge is -2.31. The smallest absolute Gasteiger partial charge is 0.385 e. The number of methoxy groups -OCH3 is 3. The zero-order valence-electron chi connectivity index (χ0n) is 39.0. The molecule has 17 nitrogen and oxygen atoms in total. The van der Waals surface area contributed by atoms with Gasteiger partial charge in [0.15, 0.2) is 46.3 Å². The number of nitrogens with zero attached hydrogens (tertiary/aromatic N) is 8. The lowest BCUT2D eigenvalue weighted by Crippen LogP contribution is -2.41. The average molecular weight is 997 g/mol. The maximum atomic E-state index is 16.4. The van der Waals surface area contributed by atoms with Crippen molar-refractivity contribution in [2.45, 2.75) is 57.5 Å². The van der Waals surface area contributed by atoms with Gasteiger partial charge in [0.25, 0.3) is 0 Å². The highest BCUT2D eigenvalue weighted by Gasteiger charge is 2.33. The van der Waals surface area contributed by atoms with Crippen molar-refractivity contribution < 1.29 is 49.2 Å². The lowest BCUT2D eigenvalue weighted by atomic mass is 10.0. The first-order valence-electron chi connectivity index (χ1n) is 22.8. The van der Waals surface area contributed by atoms with Gasteiger partial charge in [0, 0.05) is 139 Å². The first kappa shape index (κ1) is 47.2. The zero-order valence-corrected chi connectivity index (χ0v) is 39.8. The highest BCUT2D eigenvalue weighted by Crippen LogP contribution is 2.38. The SMILES string of the molecule is COc1cc(OC)c(F)c(Cc2c[nH]c3ncc(-c4cnn(C5CCN(S(=O)(=O)Oc6cc(OC)c(F)c(Cc7c[nH]c8ncc(-c9cnn(C%10CCN(C(C)=O)CC%10)c9)cc78)c6F)CC5)c4)cc23)c1F. The topological polar surface area (TPSA) is 188 Å². The summed E-state index contributed by atoms with van der Waals surface area (Å²) in [5.41, 5.74) is 4.31. The molecule has 0 aliphatic carbocycles. The van der Waals surface area contributed by atoms with Crippen LogP contribution in [0.1, 0.15) is 66.9 Å². The third-order valence-corrected chi connectivity index (χ3v) is 14.9. The highest BCUT2D eigenvalue weighted by atomic mass is 32.2. The van der Waals surface area contributed by atoms with Crippen LogP contribution in [0.15, 0.2) is 73.8 Å². The van der Waals surface area contributed by atoms with Crippen LogP contribution in [0.5, 0.6) is 23.0 Å². The van der Waals surface area contributed by atoms with Gasteiger partial charge in [0.05, 0.1) is 45.8 Å². The van der Waals surface area contributed by atoms with Gasteiger partial charge in [-0.2, -0.15) is 22.9 Å². The molecule has 0 bridgehead atoms. The molecular formula is C49H48F4N10O7S. The molecule has 1 amide bonds. The fraction of sp³-hybridized carbons (Fsp3) is 0.327. The van der Waals surface area contributed by atoms with Gasteiger partial charge >= 0.3 is 10.3 Å². The lowest BCUT2D eigenvalue weighted by molar-refractivity contribution is -0.130. The second kappa shape index (κ2) is 19.0. The summed E-state index contributed by atoms with van der Waals surface area (Å²) in [5, 5.41) is 10.4. The Balaban J connectivity index is 0.816. The predicted molar refractivity (Wildman–Crippen MR) is 253 cm³/mol. The molecule has 0 spiro atoms. The summed E-state index contributed by atoms with van der Waals surface area (Å²) in [5.74, 6) is -5.22. The van der Waals surface area contributed by atoms with E-state index in [1.54, 1.807) is 48.8 Å². The number of amides is 1. The van der Waals surface area contributed by atoms with Crippen LogP contribution in [0.2, 0.25) is 0 Å². The van der Waals surface area contributed by atoms with E-state index in [-0.39, 0.29) is 61.0 Å². The summed E-state index contributed by atoms with van der Waals surface area (Å²) < 4.78 is 116. The van der Waals surface area contributed by atoms with Crippen molar-refractivity contribution in [2.24, 2.45) is 0 Å². The van der Waals surface area contributed by atoms with Crippen LogP contribution in [-0.2, 0) is 27.9 Å². The molecular weight excluding hydrogens is 949 g/mol. The van der Waals surface area contributed by atoms with Crippen LogP contribution in [0, 0.1) is 23.3 Å². The van der Waals surface area contributed by atoms with Crippen molar-refractivity contribution >= 4 is 38.3 Å². The number of hydrogen-bond acceptors (Lipinski definition) is 11. The zero-order chi connectivity index (χ0) is 49.7. The quantitative estimate of drug-likeness (QED) is 0.100. The number of rotatable bonds is 14. The Bertz CT molecular complexity index is 3400. The standard InChI is InChI=1S/C49H48F4N10O7S/c1-27(64)60-9-5-34(6-10-60)62-25-32(23-58-62)28-14-37-31(22-57-49(37)55-19-28)16-39-46(52)42(69-4)18-43(47(39)53)70-71(65,66)61-11-7-35(8-12-61)63-26-33(24-59-63)29-13-36-30(21-56-48(36)54-20-29)15-38-44(50)40(67-2)17-41(68-3)45(38)51/h13-14,17-26,34-35H,5-12,15-16H2,1-4H3,(H,54,56)(H,55,57). The first-order chi connectivity index (χ1) is 34.2. The number of ether oxygens (including phenoxy) is 3. The Morgan fingerprint density at radius 2 is 1.04 bits per heavy atom. The Labute approximate surface area is 404 Å². The number of pyridine rings is 2. The minimum atomic E-state index is -4.59. The molecule has 10 rings (SSSR count). The molecule has 2 aliphatic heterocycles. The molecule has 8 heterocycles. The van der Waals surface area contributed by atoms with E-state index in [0.29, 0.717) is 70.3 Å². The molecule has 2 saturated heterocycles. The van der Waals surface area contributed by atoms with E-state index in [1.807, 2.05) is 34.1 Å². The molecule has 6 aromatic heterocycles. The van der Waals surface area contributed by atoms with E-state index in [0.717, 1.165) is 40.4 Å². The summed E-state index contributed by atoms with van der Waals surface area (Å²) in [4.78, 5) is 28.8. The maximum Gasteiger partial charge on any atom is 0.385 e. The van der Waals surface area contributed by atoms with Gasteiger partial charge in [-0.05, 0) is 48.9 Å². The van der Waals surface area contributed by atoms with E-state index < -0.39 is 50.6 Å². The van der Waals surface area contributed by atoms with E-state index >= 15 is 17.6 Å². The van der Waals surface area contributed by atoms with Crippen LogP contribution in [0.25, 0.3) is 44.3 Å². The average Bonchev–Trinajstić information content (AvgIpc) is 4.22. The molecule has 22 heteroatoms. The number of piperidine rings is 2. The second-order valence-electron chi connectivity index (χ2n) is 17.6. The molecule has 0 radical (unpaired) electrons. The van der Waals surface area contributed by atoms with Crippen LogP contribution in [0.3, 0.4) is 0 Å². The maximum absolute atomic E-state index is 16.4. The molecule has 0 atom stereocenters. The molecule has 2 aromatic carbocycles. The monoisotopic (exact) mass is 996 g/mol. The Morgan fingerprint density at radius 3 is 1.48 bits per heavy atom. The van der Waals surface area contributed by atoms with Crippen LogP contribution < -0.4 is 18.4 Å². The van der Waals surface area contributed by atoms with E-state index in [1.165, 1.54) is 21.3 Å². The van der Waals surface area contributed by atoms with Gasteiger partial charge in [-0.3, -0.25) is 14.2 Å². The number of fused-ring (bicyclic) bond motifs is 2. The van der Waals surface area contributed by atoms with Crippen LogP contribution >= 0.6 is 0 Å². The van der Waals surface area contributed by atoms with Crippen molar-refractivity contribution in [1.29, 1.82) is 0 Å². The first-order valence-corrected chi connectivity index (χ1v) is 24.2. The Morgan fingerprint density at radius 1 is 0.620 bits per heavy atom. The normalized spacial score (nSPS) is 15.2. The van der Waals surface area contributed by atoms with Gasteiger partial charge in [-0.25, -0.2) is 27.5 Å². The number of aromatic amines is 2. The number of carbonyl (C=O) groups is 1. The van der Waals surface area contributed by atoms with Crippen molar-refractivity contribution in [3.63, 3.8) is 0 Å². The van der Waals surface area contributed by atoms with Gasteiger partial charge in [0.2, 0.25) is 5.91 Å². The number of carbonyl (C=O) groups excluding carboxylic acids is 1. The molecule has 0 unspecified atom stereocenters. The number of nitrogens with one attached hydrogen (secondary N) is 2. The predicted octanol–water partition coefficient (Wildman–Crippen LogP) is 8.07. The summed E-state index contributed by atoms with van der Waals surface area (Å²) in [6.45, 7) is 2.90. The third kappa shape index (κ3) is 9.01. The summed E-state index contributed by atoms with van der Waals surface area (Å²) >= 11 is 0. The minimum Gasteiger partial charge on any atom is -0.494 e. The van der Waals surface area contributed by atoms with Gasteiger partial charge in [-0.15, -0.1) is 0 Å². The molecule has 8 aromatic rings. The second-order valence-corrected chi connectivity index (χ2v) is 19.2. The number of H-pyrrole nitrogens is 2. The van der Waals surface area contributed by atoms with Crippen molar-refractivity contribution in [1.82, 2.24) is 48.7 Å². The molecule has 370 valence electrons. The van der Waals surface area contributed by atoms with Crippen LogP contribution in [0.4, 0.5) is 17.6 Å². The summed E-state index contributed by atoms with van der Waals surface area (Å²) in [6, 6.07) is 5.66. The van der Waals surface area contributed by atoms with Gasteiger partial charge < -0.3 is 33.3 Å². The van der Waals surface area contributed by atoms with Gasteiger partial charge in [-0.1, -0.05) is 0 Å². The fourth-order valence-electron chi connectivity index (χ4n) is 9.52. The molecule has 2 N–H and O–H groups in total. The molecule has 71 heavy (non-hydrogen) atoms. The largest absolute Gasteiger partial charge is 0.494 e. The van der Waals surface area contributed by atoms with Crippen molar-refractivity contribution in [3.05, 3.63) is 119 Å². The van der Waals surface area contributed by atoms with Crippen LogP contribution in [-0.4, -0.2) is 111 Å². The van der Waals surface area contributed by atoms with E-state index in [4.69, 9.17) is 18.4 Å². The third-order valence-electron chi connectivity index (χ3n) is 13.5. The molecule has 0 saturated carbocycles. The number of benzene rings is 2. The molecule has 2 fully saturated rings. The molecule has 2 aliphatic rings.